The van der Waals surface area contributed by atoms with Gasteiger partial charge in [0.05, 0.1) is 6.10 Å². The van der Waals surface area contributed by atoms with Crippen molar-refractivity contribution in [2.45, 2.75) is 51.2 Å². The molecule has 0 spiro atoms. The summed E-state index contributed by atoms with van der Waals surface area (Å²) in [6, 6.07) is 8.18. The molecule has 88 valence electrons. The molecule has 1 saturated carbocycles. The van der Waals surface area contributed by atoms with Crippen molar-refractivity contribution in [3.8, 4) is 5.75 Å². The topological polar surface area (TPSA) is 35.2 Å². The Morgan fingerprint density at radius 2 is 1.69 bits per heavy atom. The Hall–Kier alpha value is -1.02. The standard InChI is InChI=1S/C14H21NO/c1-14(2,15)11-7-9-13(10-8-11)16-12-5-3-4-6-12/h7-10,12H,3-6,15H2,1-2H3. The summed E-state index contributed by atoms with van der Waals surface area (Å²) in [5, 5.41) is 0. The van der Waals surface area contributed by atoms with Crippen LogP contribution in [-0.2, 0) is 5.54 Å². The summed E-state index contributed by atoms with van der Waals surface area (Å²) in [5.74, 6) is 0.972. The first-order valence-electron chi connectivity index (χ1n) is 6.12. The number of hydrogen-bond donors (Lipinski definition) is 1. The van der Waals surface area contributed by atoms with Crippen molar-refractivity contribution in [1.82, 2.24) is 0 Å². The molecule has 1 aliphatic carbocycles. The summed E-state index contributed by atoms with van der Waals surface area (Å²) in [5.41, 5.74) is 6.90. The number of ether oxygens (including phenoxy) is 1. The van der Waals surface area contributed by atoms with Crippen LogP contribution in [0.25, 0.3) is 0 Å². The van der Waals surface area contributed by atoms with Gasteiger partial charge in [0, 0.05) is 5.54 Å². The van der Waals surface area contributed by atoms with E-state index < -0.39 is 0 Å². The molecular weight excluding hydrogens is 198 g/mol. The maximum absolute atomic E-state index is 6.03. The van der Waals surface area contributed by atoms with Crippen molar-refractivity contribution in [3.05, 3.63) is 29.8 Å². The van der Waals surface area contributed by atoms with Crippen LogP contribution < -0.4 is 10.5 Å². The lowest BCUT2D eigenvalue weighted by atomic mass is 9.96. The normalized spacial score (nSPS) is 17.7. The minimum absolute atomic E-state index is 0.272. The molecule has 1 fully saturated rings. The average molecular weight is 219 g/mol. The lowest BCUT2D eigenvalue weighted by molar-refractivity contribution is 0.210. The molecule has 1 aromatic carbocycles. The van der Waals surface area contributed by atoms with E-state index in [-0.39, 0.29) is 5.54 Å². The van der Waals surface area contributed by atoms with E-state index in [0.29, 0.717) is 6.10 Å². The Bertz CT molecular complexity index is 331. The van der Waals surface area contributed by atoms with Crippen LogP contribution in [0.1, 0.15) is 45.1 Å². The van der Waals surface area contributed by atoms with Crippen molar-refractivity contribution in [2.24, 2.45) is 5.73 Å². The number of nitrogens with two attached hydrogens (primary N) is 1. The van der Waals surface area contributed by atoms with E-state index in [9.17, 15) is 0 Å². The van der Waals surface area contributed by atoms with E-state index in [0.717, 1.165) is 11.3 Å². The van der Waals surface area contributed by atoms with Crippen LogP contribution in [0.15, 0.2) is 24.3 Å². The van der Waals surface area contributed by atoms with Gasteiger partial charge in [0.2, 0.25) is 0 Å². The molecule has 16 heavy (non-hydrogen) atoms. The van der Waals surface area contributed by atoms with E-state index in [4.69, 9.17) is 10.5 Å². The van der Waals surface area contributed by atoms with E-state index in [1.165, 1.54) is 25.7 Å². The molecule has 0 amide bonds. The van der Waals surface area contributed by atoms with Gasteiger partial charge in [0.25, 0.3) is 0 Å². The SMILES string of the molecule is CC(C)(N)c1ccc(OC2CCCC2)cc1. The molecule has 2 heteroatoms. The van der Waals surface area contributed by atoms with Crippen LogP contribution in [0.5, 0.6) is 5.75 Å². The molecule has 1 aliphatic rings. The zero-order valence-corrected chi connectivity index (χ0v) is 10.2. The van der Waals surface area contributed by atoms with Gasteiger partial charge in [-0.15, -0.1) is 0 Å². The first-order valence-corrected chi connectivity index (χ1v) is 6.12. The third-order valence-electron chi connectivity index (χ3n) is 3.20. The second kappa shape index (κ2) is 4.46. The summed E-state index contributed by atoms with van der Waals surface area (Å²) >= 11 is 0. The minimum Gasteiger partial charge on any atom is -0.490 e. The number of benzene rings is 1. The van der Waals surface area contributed by atoms with Crippen LogP contribution in [-0.4, -0.2) is 6.10 Å². The van der Waals surface area contributed by atoms with Crippen molar-refractivity contribution in [2.75, 3.05) is 0 Å². The molecule has 1 aromatic rings. The zero-order chi connectivity index (χ0) is 11.6. The van der Waals surface area contributed by atoms with Crippen LogP contribution in [0, 0.1) is 0 Å². The Kier molecular flexibility index (Phi) is 3.20. The van der Waals surface area contributed by atoms with Gasteiger partial charge in [-0.2, -0.15) is 0 Å². The minimum atomic E-state index is -0.272. The molecule has 0 radical (unpaired) electrons. The molecule has 0 aromatic heterocycles. The summed E-state index contributed by atoms with van der Waals surface area (Å²) in [6.45, 7) is 4.03. The molecule has 0 heterocycles. The predicted octanol–water partition coefficient (Wildman–Crippen LogP) is 3.20. The third-order valence-corrected chi connectivity index (χ3v) is 3.20. The summed E-state index contributed by atoms with van der Waals surface area (Å²) in [4.78, 5) is 0. The molecule has 0 atom stereocenters. The molecule has 0 saturated heterocycles. The van der Waals surface area contributed by atoms with Crippen molar-refractivity contribution in [3.63, 3.8) is 0 Å². The third kappa shape index (κ3) is 2.76. The molecule has 0 aliphatic heterocycles. The van der Waals surface area contributed by atoms with E-state index in [1.807, 2.05) is 26.0 Å². The van der Waals surface area contributed by atoms with Gasteiger partial charge in [-0.25, -0.2) is 0 Å². The van der Waals surface area contributed by atoms with Crippen molar-refractivity contribution >= 4 is 0 Å². The lowest BCUT2D eigenvalue weighted by Gasteiger charge is -2.20. The Morgan fingerprint density at radius 1 is 1.12 bits per heavy atom. The highest BCUT2D eigenvalue weighted by Gasteiger charge is 2.17. The smallest absolute Gasteiger partial charge is 0.119 e. The van der Waals surface area contributed by atoms with Crippen molar-refractivity contribution < 1.29 is 4.74 Å². The molecule has 2 rings (SSSR count). The van der Waals surface area contributed by atoms with Crippen molar-refractivity contribution in [1.29, 1.82) is 0 Å². The Morgan fingerprint density at radius 3 is 2.19 bits per heavy atom. The Labute approximate surface area is 97.8 Å². The molecule has 0 unspecified atom stereocenters. The first-order chi connectivity index (χ1) is 7.55. The van der Waals surface area contributed by atoms with E-state index in [2.05, 4.69) is 12.1 Å². The molecule has 0 bridgehead atoms. The highest BCUT2D eigenvalue weighted by Crippen LogP contribution is 2.25. The zero-order valence-electron chi connectivity index (χ0n) is 10.2. The van der Waals surface area contributed by atoms with E-state index >= 15 is 0 Å². The second-order valence-electron chi connectivity index (χ2n) is 5.27. The highest BCUT2D eigenvalue weighted by molar-refractivity contribution is 5.31. The number of rotatable bonds is 3. The predicted molar refractivity (Wildman–Crippen MR) is 66.5 cm³/mol. The van der Waals surface area contributed by atoms with E-state index in [1.54, 1.807) is 0 Å². The Balaban J connectivity index is 2.01. The summed E-state index contributed by atoms with van der Waals surface area (Å²) in [7, 11) is 0. The monoisotopic (exact) mass is 219 g/mol. The second-order valence-corrected chi connectivity index (χ2v) is 5.27. The van der Waals surface area contributed by atoms with Gasteiger partial charge in [-0.1, -0.05) is 12.1 Å². The van der Waals surface area contributed by atoms with Gasteiger partial charge in [0.1, 0.15) is 5.75 Å². The van der Waals surface area contributed by atoms with Gasteiger partial charge >= 0.3 is 0 Å². The number of hydrogen-bond acceptors (Lipinski definition) is 2. The molecular formula is C14H21NO. The van der Waals surface area contributed by atoms with Crippen LogP contribution >= 0.6 is 0 Å². The fourth-order valence-corrected chi connectivity index (χ4v) is 2.16. The molecule has 2 N–H and O–H groups in total. The summed E-state index contributed by atoms with van der Waals surface area (Å²) in [6.07, 6.45) is 5.43. The van der Waals surface area contributed by atoms with Gasteiger partial charge in [0.15, 0.2) is 0 Å². The molecule has 2 nitrogen and oxygen atoms in total. The van der Waals surface area contributed by atoms with Gasteiger partial charge in [-0.3, -0.25) is 0 Å². The van der Waals surface area contributed by atoms with Gasteiger partial charge in [-0.05, 0) is 57.2 Å². The fourth-order valence-electron chi connectivity index (χ4n) is 2.16. The van der Waals surface area contributed by atoms with Crippen LogP contribution in [0.3, 0.4) is 0 Å². The highest BCUT2D eigenvalue weighted by atomic mass is 16.5. The summed E-state index contributed by atoms with van der Waals surface area (Å²) < 4.78 is 5.90. The maximum atomic E-state index is 6.03. The quantitative estimate of drug-likeness (QED) is 0.847. The lowest BCUT2D eigenvalue weighted by Crippen LogP contribution is -2.28. The maximum Gasteiger partial charge on any atom is 0.119 e. The van der Waals surface area contributed by atoms with Gasteiger partial charge < -0.3 is 10.5 Å². The largest absolute Gasteiger partial charge is 0.490 e. The first kappa shape index (κ1) is 11.5. The fraction of sp³-hybridized carbons (Fsp3) is 0.571. The average Bonchev–Trinajstić information content (AvgIpc) is 2.70. The van der Waals surface area contributed by atoms with Crippen LogP contribution in [0.4, 0.5) is 0 Å². The van der Waals surface area contributed by atoms with Crippen LogP contribution in [0.2, 0.25) is 0 Å².